The molecule has 0 N–H and O–H groups in total. The summed E-state index contributed by atoms with van der Waals surface area (Å²) >= 11 is 5.97. The maximum Gasteiger partial charge on any atom is 0.260 e. The Balaban J connectivity index is 2.63. The molecule has 0 atom stereocenters. The largest absolute Gasteiger partial charge is 0.397 e. The Morgan fingerprint density at radius 2 is 1.94 bits per heavy atom. The van der Waals surface area contributed by atoms with Crippen LogP contribution in [-0.2, 0) is 4.84 Å². The van der Waals surface area contributed by atoms with E-state index in [1.54, 1.807) is 23.1 Å². The highest BCUT2D eigenvalue weighted by Gasteiger charge is 2.40. The Morgan fingerprint density at radius 1 is 1.28 bits per heavy atom. The highest BCUT2D eigenvalue weighted by Crippen LogP contribution is 2.31. The molecule has 0 bridgehead atoms. The average Bonchev–Trinajstić information content (AvgIpc) is 2.52. The van der Waals surface area contributed by atoms with Crippen molar-refractivity contribution in [3.8, 4) is 0 Å². The maximum absolute atomic E-state index is 12.4. The van der Waals surface area contributed by atoms with Crippen molar-refractivity contribution >= 4 is 23.3 Å². The molecule has 96 valence electrons. The van der Waals surface area contributed by atoms with Crippen LogP contribution in [0.1, 0.15) is 36.7 Å². The minimum atomic E-state index is -0.375. The summed E-state index contributed by atoms with van der Waals surface area (Å²) in [6.45, 7) is 5.84. The zero-order chi connectivity index (χ0) is 13.5. The molecule has 4 nitrogen and oxygen atoms in total. The van der Waals surface area contributed by atoms with Crippen LogP contribution < -0.4 is 0 Å². The van der Waals surface area contributed by atoms with Gasteiger partial charge < -0.3 is 4.84 Å². The van der Waals surface area contributed by atoms with Crippen molar-refractivity contribution < 1.29 is 9.63 Å². The van der Waals surface area contributed by atoms with Crippen LogP contribution in [0.3, 0.4) is 0 Å². The van der Waals surface area contributed by atoms with Gasteiger partial charge in [-0.15, -0.1) is 0 Å². The predicted molar refractivity (Wildman–Crippen MR) is 70.9 cm³/mol. The fraction of sp³-hybridized carbons (Fsp3) is 0.385. The monoisotopic (exact) mass is 266 g/mol. The fourth-order valence-electron chi connectivity index (χ4n) is 2.02. The maximum atomic E-state index is 12.4. The van der Waals surface area contributed by atoms with E-state index in [4.69, 9.17) is 16.4 Å². The molecular formula is C13H15ClN2O2. The SMILES string of the molecule is CO/N=C1\c2cc(Cl)ccc2C(=O)N1C(C)(C)C. The smallest absolute Gasteiger partial charge is 0.260 e. The van der Waals surface area contributed by atoms with E-state index in [-0.39, 0.29) is 11.4 Å². The van der Waals surface area contributed by atoms with Crippen LogP contribution in [0.5, 0.6) is 0 Å². The number of halogens is 1. The molecule has 0 saturated heterocycles. The first kappa shape index (κ1) is 12.9. The third-order valence-electron chi connectivity index (χ3n) is 2.72. The quantitative estimate of drug-likeness (QED) is 0.734. The zero-order valence-corrected chi connectivity index (χ0v) is 11.6. The lowest BCUT2D eigenvalue weighted by molar-refractivity contribution is 0.0756. The van der Waals surface area contributed by atoms with Crippen LogP contribution in [0.25, 0.3) is 0 Å². The number of amides is 1. The van der Waals surface area contributed by atoms with E-state index < -0.39 is 0 Å². The second-order valence-electron chi connectivity index (χ2n) is 5.10. The molecule has 1 aliphatic heterocycles. The first-order chi connectivity index (χ1) is 8.36. The molecule has 2 rings (SSSR count). The third-order valence-corrected chi connectivity index (χ3v) is 2.95. The summed E-state index contributed by atoms with van der Waals surface area (Å²) in [5, 5.41) is 4.54. The van der Waals surface area contributed by atoms with Gasteiger partial charge in [-0.2, -0.15) is 0 Å². The number of hydrogen-bond donors (Lipinski definition) is 0. The first-order valence-electron chi connectivity index (χ1n) is 5.62. The summed E-state index contributed by atoms with van der Waals surface area (Å²) < 4.78 is 0. The van der Waals surface area contributed by atoms with E-state index in [9.17, 15) is 4.79 Å². The van der Waals surface area contributed by atoms with Crippen molar-refractivity contribution in [2.24, 2.45) is 5.16 Å². The Morgan fingerprint density at radius 3 is 2.50 bits per heavy atom. The van der Waals surface area contributed by atoms with E-state index >= 15 is 0 Å². The number of carbonyl (C=O) groups is 1. The molecule has 0 fully saturated rings. The van der Waals surface area contributed by atoms with Gasteiger partial charge in [-0.3, -0.25) is 9.69 Å². The molecule has 1 aromatic rings. The third kappa shape index (κ3) is 1.97. The number of benzene rings is 1. The summed E-state index contributed by atoms with van der Waals surface area (Å²) in [6, 6.07) is 5.16. The van der Waals surface area contributed by atoms with Crippen molar-refractivity contribution in [1.29, 1.82) is 0 Å². The van der Waals surface area contributed by atoms with Crippen molar-refractivity contribution in [2.45, 2.75) is 26.3 Å². The van der Waals surface area contributed by atoms with Gasteiger partial charge in [0.25, 0.3) is 5.91 Å². The molecule has 1 aliphatic rings. The van der Waals surface area contributed by atoms with Crippen molar-refractivity contribution in [1.82, 2.24) is 4.90 Å². The number of carbonyl (C=O) groups excluding carboxylic acids is 1. The van der Waals surface area contributed by atoms with Gasteiger partial charge in [-0.25, -0.2) is 0 Å². The lowest BCUT2D eigenvalue weighted by atomic mass is 10.1. The zero-order valence-electron chi connectivity index (χ0n) is 10.8. The molecule has 1 aromatic carbocycles. The standard InChI is InChI=1S/C13H15ClN2O2/c1-13(2,3)16-11(15-18-4)10-7-8(14)5-6-9(10)12(16)17/h5-7H,1-4H3/b15-11+. The van der Waals surface area contributed by atoms with Crippen LogP contribution in [0.2, 0.25) is 5.02 Å². The minimum Gasteiger partial charge on any atom is -0.397 e. The molecule has 0 aliphatic carbocycles. The summed E-state index contributed by atoms with van der Waals surface area (Å²) in [5.74, 6) is 0.428. The molecule has 0 unspecified atom stereocenters. The molecule has 0 spiro atoms. The van der Waals surface area contributed by atoms with Crippen molar-refractivity contribution in [3.63, 3.8) is 0 Å². The lowest BCUT2D eigenvalue weighted by Gasteiger charge is -2.31. The van der Waals surface area contributed by atoms with Crippen LogP contribution in [0.4, 0.5) is 0 Å². The van der Waals surface area contributed by atoms with E-state index in [0.717, 1.165) is 0 Å². The fourth-order valence-corrected chi connectivity index (χ4v) is 2.20. The number of rotatable bonds is 1. The molecule has 0 aromatic heterocycles. The van der Waals surface area contributed by atoms with Crippen LogP contribution >= 0.6 is 11.6 Å². The molecule has 0 radical (unpaired) electrons. The van der Waals surface area contributed by atoms with E-state index in [2.05, 4.69) is 5.16 Å². The second-order valence-corrected chi connectivity index (χ2v) is 5.54. The second kappa shape index (κ2) is 4.28. The van der Waals surface area contributed by atoms with Gasteiger partial charge >= 0.3 is 0 Å². The van der Waals surface area contributed by atoms with E-state index in [0.29, 0.717) is 22.0 Å². The topological polar surface area (TPSA) is 41.9 Å². The number of hydrogen-bond acceptors (Lipinski definition) is 3. The molecule has 5 heteroatoms. The molecular weight excluding hydrogens is 252 g/mol. The average molecular weight is 267 g/mol. The molecule has 0 saturated carbocycles. The summed E-state index contributed by atoms with van der Waals surface area (Å²) in [5.41, 5.74) is 0.939. The number of fused-ring (bicyclic) bond motifs is 1. The van der Waals surface area contributed by atoms with Gasteiger partial charge in [0.15, 0.2) is 5.84 Å². The molecule has 1 heterocycles. The Labute approximate surface area is 111 Å². The van der Waals surface area contributed by atoms with Crippen LogP contribution in [-0.4, -0.2) is 29.3 Å². The predicted octanol–water partition coefficient (Wildman–Crippen LogP) is 2.90. The van der Waals surface area contributed by atoms with Gasteiger partial charge in [0.1, 0.15) is 7.11 Å². The summed E-state index contributed by atoms with van der Waals surface area (Å²) in [7, 11) is 1.46. The Hall–Kier alpha value is -1.55. The Bertz CT molecular complexity index is 532. The van der Waals surface area contributed by atoms with Crippen LogP contribution in [0, 0.1) is 0 Å². The van der Waals surface area contributed by atoms with Gasteiger partial charge in [-0.1, -0.05) is 16.8 Å². The minimum absolute atomic E-state index is 0.0787. The van der Waals surface area contributed by atoms with Crippen LogP contribution in [0.15, 0.2) is 23.4 Å². The van der Waals surface area contributed by atoms with Gasteiger partial charge in [0, 0.05) is 16.1 Å². The summed E-state index contributed by atoms with van der Waals surface area (Å²) in [6.07, 6.45) is 0. The number of amidine groups is 1. The normalized spacial score (nSPS) is 17.3. The lowest BCUT2D eigenvalue weighted by Crippen LogP contribution is -2.45. The van der Waals surface area contributed by atoms with Crippen molar-refractivity contribution in [2.75, 3.05) is 7.11 Å². The van der Waals surface area contributed by atoms with Gasteiger partial charge in [-0.05, 0) is 39.0 Å². The Kier molecular flexibility index (Phi) is 3.07. The van der Waals surface area contributed by atoms with Gasteiger partial charge in [0.05, 0.1) is 5.56 Å². The number of oxime groups is 1. The van der Waals surface area contributed by atoms with Gasteiger partial charge in [0.2, 0.25) is 0 Å². The highest BCUT2D eigenvalue weighted by molar-refractivity contribution is 6.32. The highest BCUT2D eigenvalue weighted by atomic mass is 35.5. The summed E-state index contributed by atoms with van der Waals surface area (Å²) in [4.78, 5) is 18.9. The van der Waals surface area contributed by atoms with E-state index in [1.165, 1.54) is 7.11 Å². The molecule has 1 amide bonds. The molecule has 18 heavy (non-hydrogen) atoms. The van der Waals surface area contributed by atoms with E-state index in [1.807, 2.05) is 20.8 Å². The van der Waals surface area contributed by atoms with Crippen molar-refractivity contribution in [3.05, 3.63) is 34.3 Å². The number of nitrogens with zero attached hydrogens (tertiary/aromatic N) is 2. The first-order valence-corrected chi connectivity index (χ1v) is 5.99.